The van der Waals surface area contributed by atoms with E-state index in [2.05, 4.69) is 4.98 Å². The molecule has 0 aliphatic heterocycles. The first kappa shape index (κ1) is 13.0. The Morgan fingerprint density at radius 3 is 2.65 bits per heavy atom. The van der Waals surface area contributed by atoms with Gasteiger partial charge in [0.2, 0.25) is 0 Å². The highest BCUT2D eigenvalue weighted by molar-refractivity contribution is 6.42. The summed E-state index contributed by atoms with van der Waals surface area (Å²) < 4.78 is 5.85. The molecule has 0 fully saturated rings. The molecule has 0 spiro atoms. The summed E-state index contributed by atoms with van der Waals surface area (Å²) in [4.78, 5) is 4.10. The van der Waals surface area contributed by atoms with Crippen molar-refractivity contribution >= 4 is 39.7 Å². The molecule has 3 nitrogen and oxygen atoms in total. The van der Waals surface area contributed by atoms with E-state index in [0.717, 1.165) is 10.8 Å². The van der Waals surface area contributed by atoms with Gasteiger partial charge in [0, 0.05) is 28.9 Å². The van der Waals surface area contributed by atoms with Crippen LogP contribution in [0.4, 0.5) is 5.69 Å². The Bertz CT molecular complexity index is 790. The van der Waals surface area contributed by atoms with Crippen LogP contribution in [0.1, 0.15) is 0 Å². The fourth-order valence-corrected chi connectivity index (χ4v) is 2.29. The quantitative estimate of drug-likeness (QED) is 0.684. The van der Waals surface area contributed by atoms with E-state index in [1.54, 1.807) is 42.7 Å². The number of rotatable bonds is 2. The third kappa shape index (κ3) is 2.26. The van der Waals surface area contributed by atoms with Gasteiger partial charge in [-0.15, -0.1) is 0 Å². The summed E-state index contributed by atoms with van der Waals surface area (Å²) in [5.74, 6) is 1.13. The maximum atomic E-state index is 6.13. The number of aromatic nitrogens is 1. The Hall–Kier alpha value is -1.97. The topological polar surface area (TPSA) is 48.1 Å². The van der Waals surface area contributed by atoms with Gasteiger partial charge in [0.25, 0.3) is 0 Å². The number of nitrogens with zero attached hydrogens (tertiary/aromatic N) is 1. The number of nitrogens with two attached hydrogens (primary N) is 1. The van der Waals surface area contributed by atoms with Crippen LogP contribution in [0.5, 0.6) is 11.5 Å². The second-order valence-corrected chi connectivity index (χ2v) is 5.01. The van der Waals surface area contributed by atoms with Crippen molar-refractivity contribution in [3.8, 4) is 11.5 Å². The van der Waals surface area contributed by atoms with E-state index >= 15 is 0 Å². The van der Waals surface area contributed by atoms with E-state index in [9.17, 15) is 0 Å². The van der Waals surface area contributed by atoms with Crippen molar-refractivity contribution in [1.29, 1.82) is 0 Å². The van der Waals surface area contributed by atoms with Crippen LogP contribution in [0.25, 0.3) is 10.8 Å². The van der Waals surface area contributed by atoms with Crippen molar-refractivity contribution in [2.45, 2.75) is 0 Å². The van der Waals surface area contributed by atoms with Crippen LogP contribution >= 0.6 is 23.2 Å². The van der Waals surface area contributed by atoms with Crippen molar-refractivity contribution in [2.24, 2.45) is 0 Å². The highest BCUT2D eigenvalue weighted by Gasteiger charge is 2.10. The molecule has 100 valence electrons. The van der Waals surface area contributed by atoms with E-state index in [4.69, 9.17) is 33.7 Å². The number of pyridine rings is 1. The zero-order chi connectivity index (χ0) is 14.1. The van der Waals surface area contributed by atoms with E-state index in [-0.39, 0.29) is 0 Å². The fraction of sp³-hybridized carbons (Fsp3) is 0. The number of hydrogen-bond acceptors (Lipinski definition) is 3. The smallest absolute Gasteiger partial charge is 0.147 e. The molecule has 0 saturated carbocycles. The first-order valence-corrected chi connectivity index (χ1v) is 6.66. The second-order valence-electron chi connectivity index (χ2n) is 4.23. The molecule has 20 heavy (non-hydrogen) atoms. The van der Waals surface area contributed by atoms with Gasteiger partial charge < -0.3 is 10.5 Å². The average Bonchev–Trinajstić information content (AvgIpc) is 2.47. The van der Waals surface area contributed by atoms with Crippen LogP contribution in [0.2, 0.25) is 10.0 Å². The zero-order valence-electron chi connectivity index (χ0n) is 10.3. The molecular weight excluding hydrogens is 295 g/mol. The normalized spacial score (nSPS) is 10.7. The third-order valence-corrected chi connectivity index (χ3v) is 3.75. The Morgan fingerprint density at radius 1 is 0.950 bits per heavy atom. The van der Waals surface area contributed by atoms with E-state index in [0.29, 0.717) is 27.2 Å². The summed E-state index contributed by atoms with van der Waals surface area (Å²) >= 11 is 12.1. The number of fused-ring (bicyclic) bond motifs is 1. The zero-order valence-corrected chi connectivity index (χ0v) is 11.8. The summed E-state index contributed by atoms with van der Waals surface area (Å²) in [6, 6.07) is 10.7. The molecule has 3 rings (SSSR count). The Kier molecular flexibility index (Phi) is 3.38. The molecule has 1 aromatic heterocycles. The van der Waals surface area contributed by atoms with Crippen LogP contribution in [0.3, 0.4) is 0 Å². The van der Waals surface area contributed by atoms with Crippen LogP contribution in [-0.2, 0) is 0 Å². The van der Waals surface area contributed by atoms with Crippen LogP contribution < -0.4 is 10.5 Å². The van der Waals surface area contributed by atoms with Gasteiger partial charge in [0.1, 0.15) is 16.5 Å². The molecule has 2 N–H and O–H groups in total. The van der Waals surface area contributed by atoms with Gasteiger partial charge in [-0.05, 0) is 30.3 Å². The van der Waals surface area contributed by atoms with Crippen LogP contribution in [0.15, 0.2) is 48.8 Å². The molecule has 1 heterocycles. The molecule has 2 aromatic carbocycles. The van der Waals surface area contributed by atoms with Gasteiger partial charge in [-0.25, -0.2) is 0 Å². The number of hydrogen-bond donors (Lipinski definition) is 1. The monoisotopic (exact) mass is 304 g/mol. The van der Waals surface area contributed by atoms with Crippen molar-refractivity contribution in [3.63, 3.8) is 0 Å². The average molecular weight is 305 g/mol. The molecule has 0 saturated heterocycles. The second kappa shape index (κ2) is 5.19. The van der Waals surface area contributed by atoms with Gasteiger partial charge in [-0.1, -0.05) is 29.3 Å². The summed E-state index contributed by atoms with van der Waals surface area (Å²) in [5.41, 5.74) is 6.62. The lowest BCUT2D eigenvalue weighted by Gasteiger charge is -2.11. The minimum Gasteiger partial charge on any atom is -0.455 e. The van der Waals surface area contributed by atoms with Gasteiger partial charge in [-0.2, -0.15) is 0 Å². The SMILES string of the molecule is Nc1ccc(Oc2cccc(Cl)c2Cl)c2cnccc12. The predicted octanol–water partition coefficient (Wildman–Crippen LogP) is 4.92. The Morgan fingerprint density at radius 2 is 1.80 bits per heavy atom. The minimum atomic E-state index is 0.378. The van der Waals surface area contributed by atoms with E-state index in [1.807, 2.05) is 6.07 Å². The predicted molar refractivity (Wildman–Crippen MR) is 82.7 cm³/mol. The summed E-state index contributed by atoms with van der Waals surface area (Å²) in [7, 11) is 0. The molecule has 5 heteroatoms. The summed E-state index contributed by atoms with van der Waals surface area (Å²) in [6.07, 6.45) is 3.40. The van der Waals surface area contributed by atoms with Crippen molar-refractivity contribution in [2.75, 3.05) is 5.73 Å². The number of anilines is 1. The first-order chi connectivity index (χ1) is 9.66. The molecule has 0 unspecified atom stereocenters. The number of benzene rings is 2. The minimum absolute atomic E-state index is 0.378. The Labute approximate surface area is 125 Å². The molecule has 0 atom stereocenters. The molecule has 0 bridgehead atoms. The van der Waals surface area contributed by atoms with Crippen molar-refractivity contribution in [3.05, 3.63) is 58.8 Å². The molecular formula is C15H10Cl2N2O. The third-order valence-electron chi connectivity index (χ3n) is 2.95. The lowest BCUT2D eigenvalue weighted by Crippen LogP contribution is -1.92. The highest BCUT2D eigenvalue weighted by Crippen LogP contribution is 2.37. The molecule has 0 radical (unpaired) electrons. The molecule has 0 aliphatic rings. The van der Waals surface area contributed by atoms with Gasteiger partial charge in [0.15, 0.2) is 0 Å². The molecule has 0 amide bonds. The van der Waals surface area contributed by atoms with E-state index < -0.39 is 0 Å². The van der Waals surface area contributed by atoms with Crippen molar-refractivity contribution in [1.82, 2.24) is 4.98 Å². The summed E-state index contributed by atoms with van der Waals surface area (Å²) in [5, 5.41) is 2.53. The number of ether oxygens (including phenoxy) is 1. The number of halogens is 2. The van der Waals surface area contributed by atoms with E-state index in [1.165, 1.54) is 0 Å². The largest absolute Gasteiger partial charge is 0.455 e. The first-order valence-electron chi connectivity index (χ1n) is 5.91. The Balaban J connectivity index is 2.12. The summed E-state index contributed by atoms with van der Waals surface area (Å²) in [6.45, 7) is 0. The van der Waals surface area contributed by atoms with Gasteiger partial charge >= 0.3 is 0 Å². The number of nitrogen functional groups attached to an aromatic ring is 1. The van der Waals surface area contributed by atoms with Gasteiger partial charge in [-0.3, -0.25) is 4.98 Å². The van der Waals surface area contributed by atoms with Crippen molar-refractivity contribution < 1.29 is 4.74 Å². The lowest BCUT2D eigenvalue weighted by atomic mass is 10.1. The fourth-order valence-electron chi connectivity index (χ4n) is 1.96. The maximum absolute atomic E-state index is 6.13. The molecule has 3 aromatic rings. The highest BCUT2D eigenvalue weighted by atomic mass is 35.5. The van der Waals surface area contributed by atoms with Gasteiger partial charge in [0.05, 0.1) is 5.02 Å². The molecule has 0 aliphatic carbocycles. The maximum Gasteiger partial charge on any atom is 0.147 e. The van der Waals surface area contributed by atoms with Crippen LogP contribution in [-0.4, -0.2) is 4.98 Å². The lowest BCUT2D eigenvalue weighted by molar-refractivity contribution is 0.488. The standard InChI is InChI=1S/C15H10Cl2N2O/c16-11-2-1-3-14(15(11)17)20-13-5-4-12(18)9-6-7-19-8-10(9)13/h1-8H,18H2. The van der Waals surface area contributed by atoms with Crippen LogP contribution in [0, 0.1) is 0 Å².